The Morgan fingerprint density at radius 1 is 1.13 bits per heavy atom. The highest BCUT2D eigenvalue weighted by atomic mass is 16.5. The maximum absolute atomic E-state index is 5.44. The van der Waals surface area contributed by atoms with Gasteiger partial charge in [0, 0.05) is 25.5 Å². The molecule has 0 saturated heterocycles. The third-order valence-corrected chi connectivity index (χ3v) is 2.82. The fourth-order valence-corrected chi connectivity index (χ4v) is 1.57. The molecule has 1 heterocycles. The predicted molar refractivity (Wildman–Crippen MR) is 61.3 cm³/mol. The highest BCUT2D eigenvalue weighted by molar-refractivity contribution is 5.28. The van der Waals surface area contributed by atoms with E-state index < -0.39 is 0 Å². The van der Waals surface area contributed by atoms with E-state index in [9.17, 15) is 0 Å². The lowest BCUT2D eigenvalue weighted by molar-refractivity contribution is 0.0664. The van der Waals surface area contributed by atoms with E-state index in [1.165, 1.54) is 16.8 Å². The van der Waals surface area contributed by atoms with Gasteiger partial charge in [-0.25, -0.2) is 0 Å². The molecular weight excluding hydrogens is 190 g/mol. The van der Waals surface area contributed by atoms with E-state index in [0.717, 1.165) is 13.2 Å². The molecule has 0 aliphatic heterocycles. The van der Waals surface area contributed by atoms with Gasteiger partial charge in [0.25, 0.3) is 0 Å². The van der Waals surface area contributed by atoms with Crippen molar-refractivity contribution in [3.05, 3.63) is 23.0 Å². The van der Waals surface area contributed by atoms with Gasteiger partial charge in [-0.3, -0.25) is 0 Å². The summed E-state index contributed by atoms with van der Waals surface area (Å²) in [6.45, 7) is 9.47. The maximum Gasteiger partial charge on any atom is 0.0701 e. The van der Waals surface area contributed by atoms with Crippen LogP contribution in [0.25, 0.3) is 0 Å². The number of ether oxygens (including phenoxy) is 2. The van der Waals surface area contributed by atoms with Crippen LogP contribution in [0.5, 0.6) is 0 Å². The predicted octanol–water partition coefficient (Wildman–Crippen LogP) is 2.08. The van der Waals surface area contributed by atoms with Crippen LogP contribution in [0.3, 0.4) is 0 Å². The first kappa shape index (κ1) is 12.3. The molecule has 0 fully saturated rings. The molecule has 0 unspecified atom stereocenters. The van der Waals surface area contributed by atoms with E-state index >= 15 is 0 Å². The lowest BCUT2D eigenvalue weighted by atomic mass is 10.2. The number of hydrogen-bond acceptors (Lipinski definition) is 2. The van der Waals surface area contributed by atoms with Crippen LogP contribution in [0.2, 0.25) is 0 Å². The van der Waals surface area contributed by atoms with E-state index in [2.05, 4.69) is 31.5 Å². The van der Waals surface area contributed by atoms with Crippen LogP contribution >= 0.6 is 0 Å². The van der Waals surface area contributed by atoms with E-state index in [1.54, 1.807) is 7.11 Å². The Morgan fingerprint density at radius 2 is 1.87 bits per heavy atom. The topological polar surface area (TPSA) is 23.4 Å². The number of hydrogen-bond donors (Lipinski definition) is 0. The van der Waals surface area contributed by atoms with Crippen molar-refractivity contribution in [3.63, 3.8) is 0 Å². The Kier molecular flexibility index (Phi) is 4.85. The molecule has 0 aromatic carbocycles. The molecule has 0 spiro atoms. The molecule has 1 rings (SSSR count). The molecule has 15 heavy (non-hydrogen) atoms. The molecule has 3 heteroatoms. The monoisotopic (exact) mass is 211 g/mol. The van der Waals surface area contributed by atoms with Crippen LogP contribution in [0.4, 0.5) is 0 Å². The summed E-state index contributed by atoms with van der Waals surface area (Å²) in [5.74, 6) is 0. The fraction of sp³-hybridized carbons (Fsp3) is 0.667. The molecule has 0 bridgehead atoms. The molecule has 3 nitrogen and oxygen atoms in total. The molecule has 0 radical (unpaired) electrons. The lowest BCUT2D eigenvalue weighted by Gasteiger charge is -2.07. The highest BCUT2D eigenvalue weighted by Gasteiger charge is 2.04. The normalized spacial score (nSPS) is 10.9. The maximum atomic E-state index is 5.44. The van der Waals surface area contributed by atoms with Gasteiger partial charge < -0.3 is 14.0 Å². The van der Waals surface area contributed by atoms with Crippen molar-refractivity contribution < 1.29 is 9.47 Å². The summed E-state index contributed by atoms with van der Waals surface area (Å²) >= 11 is 0. The zero-order valence-corrected chi connectivity index (χ0v) is 10.2. The lowest BCUT2D eigenvalue weighted by Crippen LogP contribution is -2.09. The minimum atomic E-state index is 0.669. The van der Waals surface area contributed by atoms with Gasteiger partial charge in [0.15, 0.2) is 0 Å². The number of aryl methyl sites for hydroxylation is 1. The van der Waals surface area contributed by atoms with E-state index in [1.807, 2.05) is 0 Å². The van der Waals surface area contributed by atoms with Crippen molar-refractivity contribution in [2.45, 2.75) is 27.3 Å². The third kappa shape index (κ3) is 3.36. The minimum Gasteiger partial charge on any atom is -0.382 e. The van der Waals surface area contributed by atoms with Crippen molar-refractivity contribution in [2.24, 2.45) is 0 Å². The molecule has 0 aliphatic rings. The van der Waals surface area contributed by atoms with Crippen LogP contribution in [-0.2, 0) is 16.0 Å². The van der Waals surface area contributed by atoms with Crippen LogP contribution < -0.4 is 0 Å². The molecule has 1 aromatic rings. The molecule has 86 valence electrons. The van der Waals surface area contributed by atoms with Crippen molar-refractivity contribution in [1.82, 2.24) is 4.57 Å². The van der Waals surface area contributed by atoms with Gasteiger partial charge in [-0.15, -0.1) is 0 Å². The number of methoxy groups -OCH3 is 1. The van der Waals surface area contributed by atoms with Crippen LogP contribution in [0.1, 0.15) is 16.8 Å². The summed E-state index contributed by atoms with van der Waals surface area (Å²) in [5, 5.41) is 0. The Balaban J connectivity index is 2.34. The number of rotatable bonds is 6. The summed E-state index contributed by atoms with van der Waals surface area (Å²) < 4.78 is 12.6. The van der Waals surface area contributed by atoms with Gasteiger partial charge in [-0.05, 0) is 31.9 Å². The summed E-state index contributed by atoms with van der Waals surface area (Å²) in [4.78, 5) is 0. The zero-order chi connectivity index (χ0) is 11.3. The molecule has 0 saturated carbocycles. The number of nitrogens with zero attached hydrogens (tertiary/aromatic N) is 1. The van der Waals surface area contributed by atoms with Crippen molar-refractivity contribution in [3.8, 4) is 0 Å². The van der Waals surface area contributed by atoms with Gasteiger partial charge in [0.05, 0.1) is 19.8 Å². The van der Waals surface area contributed by atoms with Crippen LogP contribution in [-0.4, -0.2) is 31.5 Å². The molecule has 0 atom stereocenters. The summed E-state index contributed by atoms with van der Waals surface area (Å²) in [7, 11) is 1.69. The van der Waals surface area contributed by atoms with Crippen LogP contribution in [0, 0.1) is 20.8 Å². The largest absolute Gasteiger partial charge is 0.382 e. The molecule has 0 N–H and O–H groups in total. The molecule has 0 amide bonds. The summed E-state index contributed by atoms with van der Waals surface area (Å²) in [6.07, 6.45) is 2.18. The fourth-order valence-electron chi connectivity index (χ4n) is 1.57. The average Bonchev–Trinajstić information content (AvgIpc) is 2.46. The second kappa shape index (κ2) is 5.93. The average molecular weight is 211 g/mol. The van der Waals surface area contributed by atoms with E-state index in [-0.39, 0.29) is 0 Å². The van der Waals surface area contributed by atoms with Gasteiger partial charge >= 0.3 is 0 Å². The Labute approximate surface area is 92.0 Å². The van der Waals surface area contributed by atoms with Gasteiger partial charge in [-0.2, -0.15) is 0 Å². The first-order chi connectivity index (χ1) is 7.16. The standard InChI is InChI=1S/C12H21NO2/c1-10-9-13(12(3)11(10)2)5-6-15-8-7-14-4/h9H,5-8H2,1-4H3. The second-order valence-electron chi connectivity index (χ2n) is 3.82. The molecular formula is C12H21NO2. The first-order valence-electron chi connectivity index (χ1n) is 5.36. The van der Waals surface area contributed by atoms with Crippen LogP contribution in [0.15, 0.2) is 6.20 Å². The second-order valence-corrected chi connectivity index (χ2v) is 3.82. The Bertz CT molecular complexity index is 305. The SMILES string of the molecule is COCCOCCn1cc(C)c(C)c1C. The minimum absolute atomic E-state index is 0.669. The van der Waals surface area contributed by atoms with Crippen molar-refractivity contribution in [1.29, 1.82) is 0 Å². The Hall–Kier alpha value is -0.800. The first-order valence-corrected chi connectivity index (χ1v) is 5.36. The third-order valence-electron chi connectivity index (χ3n) is 2.82. The molecule has 1 aromatic heterocycles. The Morgan fingerprint density at radius 3 is 2.40 bits per heavy atom. The summed E-state index contributed by atoms with van der Waals surface area (Å²) in [6, 6.07) is 0. The van der Waals surface area contributed by atoms with Gasteiger partial charge in [0.2, 0.25) is 0 Å². The smallest absolute Gasteiger partial charge is 0.0701 e. The zero-order valence-electron chi connectivity index (χ0n) is 10.2. The molecule has 0 aliphatic carbocycles. The highest BCUT2D eigenvalue weighted by Crippen LogP contribution is 2.14. The van der Waals surface area contributed by atoms with Gasteiger partial charge in [0.1, 0.15) is 0 Å². The van der Waals surface area contributed by atoms with Gasteiger partial charge in [-0.1, -0.05) is 0 Å². The van der Waals surface area contributed by atoms with E-state index in [0.29, 0.717) is 13.2 Å². The van der Waals surface area contributed by atoms with Crippen molar-refractivity contribution >= 4 is 0 Å². The number of aromatic nitrogens is 1. The van der Waals surface area contributed by atoms with E-state index in [4.69, 9.17) is 9.47 Å². The summed E-state index contributed by atoms with van der Waals surface area (Å²) in [5.41, 5.74) is 4.07. The quantitative estimate of drug-likeness (QED) is 0.672. The van der Waals surface area contributed by atoms with Crippen molar-refractivity contribution in [2.75, 3.05) is 26.9 Å².